The van der Waals surface area contributed by atoms with E-state index in [1.807, 2.05) is 13.8 Å². The average Bonchev–Trinajstić information content (AvgIpc) is 2.23. The van der Waals surface area contributed by atoms with E-state index >= 15 is 0 Å². The van der Waals surface area contributed by atoms with Crippen molar-refractivity contribution >= 4 is 0 Å². The Bertz CT molecular complexity index is 182. The molecule has 0 aromatic rings. The van der Waals surface area contributed by atoms with Gasteiger partial charge in [-0.2, -0.15) is 0 Å². The molecular weight excluding hydrogens is 228 g/mol. The molecule has 18 heavy (non-hydrogen) atoms. The third-order valence-electron chi connectivity index (χ3n) is 2.77. The van der Waals surface area contributed by atoms with Crippen molar-refractivity contribution in [3.05, 3.63) is 0 Å². The van der Waals surface area contributed by atoms with Gasteiger partial charge in [0, 0.05) is 0 Å². The van der Waals surface area contributed by atoms with Gasteiger partial charge in [-0.05, 0) is 38.5 Å². The van der Waals surface area contributed by atoms with Gasteiger partial charge in [-0.25, -0.2) is 0 Å². The Morgan fingerprint density at radius 2 is 1.33 bits per heavy atom. The van der Waals surface area contributed by atoms with E-state index in [1.54, 1.807) is 0 Å². The zero-order valence-corrected chi connectivity index (χ0v) is 13.0. The van der Waals surface area contributed by atoms with Crippen molar-refractivity contribution in [3.8, 4) is 0 Å². The van der Waals surface area contributed by atoms with Gasteiger partial charge in [0.25, 0.3) is 0 Å². The van der Waals surface area contributed by atoms with Gasteiger partial charge in [0.1, 0.15) is 0 Å². The highest BCUT2D eigenvalue weighted by atomic mass is 16.5. The number of aliphatic hydroxyl groups is 1. The lowest BCUT2D eigenvalue weighted by Crippen LogP contribution is -2.28. The van der Waals surface area contributed by atoms with Crippen molar-refractivity contribution in [1.29, 1.82) is 0 Å². The highest BCUT2D eigenvalue weighted by molar-refractivity contribution is 4.65. The maximum atomic E-state index is 8.90. The van der Waals surface area contributed by atoms with Crippen LogP contribution < -0.4 is 0 Å². The summed E-state index contributed by atoms with van der Waals surface area (Å²) < 4.78 is 11.5. The summed E-state index contributed by atoms with van der Waals surface area (Å²) in [6.07, 6.45) is 2.48. The Balaban J connectivity index is 4.04. The molecule has 3 heteroatoms. The van der Waals surface area contributed by atoms with Crippen LogP contribution in [0, 0.1) is 11.8 Å². The van der Waals surface area contributed by atoms with E-state index in [9.17, 15) is 0 Å². The maximum absolute atomic E-state index is 8.90. The normalized spacial score (nSPS) is 15.7. The molecule has 110 valence electrons. The lowest BCUT2D eigenvalue weighted by atomic mass is 9.98. The van der Waals surface area contributed by atoms with Crippen LogP contribution in [0.25, 0.3) is 0 Å². The summed E-state index contributed by atoms with van der Waals surface area (Å²) in [7, 11) is 0. The van der Waals surface area contributed by atoms with E-state index in [0.717, 1.165) is 12.8 Å². The third-order valence-corrected chi connectivity index (χ3v) is 2.77. The van der Waals surface area contributed by atoms with Gasteiger partial charge in [-0.3, -0.25) is 0 Å². The van der Waals surface area contributed by atoms with Crippen molar-refractivity contribution in [2.75, 3.05) is 13.2 Å². The lowest BCUT2D eigenvalue weighted by molar-refractivity contribution is -0.0813. The van der Waals surface area contributed by atoms with E-state index in [2.05, 4.69) is 27.7 Å². The fourth-order valence-corrected chi connectivity index (χ4v) is 1.98. The predicted molar refractivity (Wildman–Crippen MR) is 75.7 cm³/mol. The van der Waals surface area contributed by atoms with E-state index in [-0.39, 0.29) is 18.8 Å². The first-order valence-corrected chi connectivity index (χ1v) is 7.23. The van der Waals surface area contributed by atoms with Crippen LogP contribution in [0.5, 0.6) is 0 Å². The number of hydrogen-bond acceptors (Lipinski definition) is 3. The van der Waals surface area contributed by atoms with Gasteiger partial charge in [0.05, 0.1) is 31.5 Å². The molecule has 0 aliphatic heterocycles. The fourth-order valence-electron chi connectivity index (χ4n) is 1.98. The molecule has 0 amide bonds. The van der Waals surface area contributed by atoms with Crippen molar-refractivity contribution in [2.45, 2.75) is 72.7 Å². The first kappa shape index (κ1) is 17.9. The lowest BCUT2D eigenvalue weighted by Gasteiger charge is -2.26. The standard InChI is InChI=1S/C15H32O3/c1-11(2)7-15(8-12(3)4)18-14(6)10-17-13(5)9-16/h11-16H,7-10H2,1-6H3. The van der Waals surface area contributed by atoms with E-state index in [1.165, 1.54) is 0 Å². The topological polar surface area (TPSA) is 38.7 Å². The SMILES string of the molecule is CC(C)CC(CC(C)C)OC(C)COC(C)CO. The highest BCUT2D eigenvalue weighted by Gasteiger charge is 2.17. The van der Waals surface area contributed by atoms with Crippen molar-refractivity contribution < 1.29 is 14.6 Å². The summed E-state index contributed by atoms with van der Waals surface area (Å²) >= 11 is 0. The minimum absolute atomic E-state index is 0.0636. The van der Waals surface area contributed by atoms with Gasteiger partial charge in [0.15, 0.2) is 0 Å². The molecule has 0 aliphatic carbocycles. The number of aliphatic hydroxyl groups excluding tert-OH is 1. The fraction of sp³-hybridized carbons (Fsp3) is 1.00. The minimum Gasteiger partial charge on any atom is -0.394 e. The third kappa shape index (κ3) is 9.86. The zero-order valence-electron chi connectivity index (χ0n) is 13.0. The summed E-state index contributed by atoms with van der Waals surface area (Å²) in [5, 5.41) is 8.90. The first-order valence-electron chi connectivity index (χ1n) is 7.23. The molecule has 0 aliphatic rings. The molecule has 0 fully saturated rings. The van der Waals surface area contributed by atoms with Crippen molar-refractivity contribution in [3.63, 3.8) is 0 Å². The van der Waals surface area contributed by atoms with Crippen LogP contribution in [0.3, 0.4) is 0 Å². The summed E-state index contributed by atoms with van der Waals surface area (Å²) in [5.41, 5.74) is 0. The van der Waals surface area contributed by atoms with Crippen LogP contribution in [0.2, 0.25) is 0 Å². The molecule has 2 atom stereocenters. The van der Waals surface area contributed by atoms with E-state index < -0.39 is 0 Å². The smallest absolute Gasteiger partial charge is 0.0784 e. The Hall–Kier alpha value is -0.120. The van der Waals surface area contributed by atoms with Gasteiger partial charge in [-0.1, -0.05) is 27.7 Å². The first-order chi connectivity index (χ1) is 8.35. The quantitative estimate of drug-likeness (QED) is 0.655. The van der Waals surface area contributed by atoms with Crippen LogP contribution >= 0.6 is 0 Å². The number of ether oxygens (including phenoxy) is 2. The molecule has 3 nitrogen and oxygen atoms in total. The van der Waals surface area contributed by atoms with Gasteiger partial charge in [0.2, 0.25) is 0 Å². The second-order valence-corrected chi connectivity index (χ2v) is 6.15. The zero-order chi connectivity index (χ0) is 14.1. The summed E-state index contributed by atoms with van der Waals surface area (Å²) in [4.78, 5) is 0. The largest absolute Gasteiger partial charge is 0.394 e. The van der Waals surface area contributed by atoms with Crippen LogP contribution in [0.1, 0.15) is 54.4 Å². The molecule has 2 unspecified atom stereocenters. The molecule has 0 saturated heterocycles. The Labute approximate surface area is 113 Å². The molecule has 0 radical (unpaired) electrons. The van der Waals surface area contributed by atoms with E-state index in [4.69, 9.17) is 14.6 Å². The van der Waals surface area contributed by atoms with Crippen molar-refractivity contribution in [2.24, 2.45) is 11.8 Å². The van der Waals surface area contributed by atoms with Crippen LogP contribution in [-0.2, 0) is 9.47 Å². The van der Waals surface area contributed by atoms with Crippen LogP contribution in [0.4, 0.5) is 0 Å². The Morgan fingerprint density at radius 3 is 1.72 bits per heavy atom. The van der Waals surface area contributed by atoms with Gasteiger partial charge in [-0.15, -0.1) is 0 Å². The Kier molecular flexibility index (Phi) is 9.70. The average molecular weight is 260 g/mol. The molecule has 0 bridgehead atoms. The molecule has 1 N–H and O–H groups in total. The van der Waals surface area contributed by atoms with Crippen molar-refractivity contribution in [1.82, 2.24) is 0 Å². The number of hydrogen-bond donors (Lipinski definition) is 1. The second kappa shape index (κ2) is 9.76. The Morgan fingerprint density at radius 1 is 0.833 bits per heavy atom. The molecule has 0 rings (SSSR count). The molecular formula is C15H32O3. The second-order valence-electron chi connectivity index (χ2n) is 6.15. The molecule has 0 aromatic carbocycles. The molecule has 0 spiro atoms. The molecule has 0 heterocycles. The predicted octanol–water partition coefficient (Wildman–Crippen LogP) is 3.25. The maximum Gasteiger partial charge on any atom is 0.0784 e. The van der Waals surface area contributed by atoms with Crippen LogP contribution in [-0.4, -0.2) is 36.6 Å². The molecule has 0 saturated carbocycles. The summed E-state index contributed by atoms with van der Waals surface area (Å²) in [6.45, 7) is 13.4. The minimum atomic E-state index is -0.107. The number of rotatable bonds is 10. The monoisotopic (exact) mass is 260 g/mol. The van der Waals surface area contributed by atoms with E-state index in [0.29, 0.717) is 24.5 Å². The summed E-state index contributed by atoms with van der Waals surface area (Å²) in [6, 6.07) is 0. The van der Waals surface area contributed by atoms with Gasteiger partial charge >= 0.3 is 0 Å². The highest BCUT2D eigenvalue weighted by Crippen LogP contribution is 2.18. The van der Waals surface area contributed by atoms with Crippen LogP contribution in [0.15, 0.2) is 0 Å². The summed E-state index contributed by atoms with van der Waals surface area (Å²) in [5.74, 6) is 1.30. The van der Waals surface area contributed by atoms with Gasteiger partial charge < -0.3 is 14.6 Å². The molecule has 0 aromatic heterocycles.